The number of hydrogen-bond acceptors (Lipinski definition) is 4. The molecule has 0 fully saturated rings. The smallest absolute Gasteiger partial charge is 0.252 e. The number of primary amides is 1. The Kier molecular flexibility index (Phi) is 4.69. The molecule has 1 amide bonds. The molecule has 0 aromatic heterocycles. The average molecular weight is 252 g/mol. The summed E-state index contributed by atoms with van der Waals surface area (Å²) in [5.74, 6) is -0.00826. The van der Waals surface area contributed by atoms with E-state index in [1.165, 1.54) is 0 Å². The maximum atomic E-state index is 11.2. The monoisotopic (exact) mass is 252 g/mol. The van der Waals surface area contributed by atoms with Gasteiger partial charge in [-0.3, -0.25) is 4.79 Å². The van der Waals surface area contributed by atoms with Gasteiger partial charge in [-0.05, 0) is 26.0 Å². The number of benzene rings is 1. The van der Waals surface area contributed by atoms with Crippen LogP contribution in [0.15, 0.2) is 24.3 Å². The maximum absolute atomic E-state index is 11.2. The van der Waals surface area contributed by atoms with Crippen LogP contribution in [0, 0.1) is 0 Å². The third kappa shape index (κ3) is 3.45. The van der Waals surface area contributed by atoms with Crippen LogP contribution in [-0.2, 0) is 4.84 Å². The molecule has 5 heteroatoms. The van der Waals surface area contributed by atoms with Gasteiger partial charge in [0.25, 0.3) is 5.91 Å². The quantitative estimate of drug-likeness (QED) is 0.778. The molecule has 1 rings (SSSR count). The van der Waals surface area contributed by atoms with E-state index < -0.39 is 5.91 Å². The van der Waals surface area contributed by atoms with Crippen molar-refractivity contribution in [1.82, 2.24) is 5.06 Å². The molecule has 5 nitrogen and oxygen atoms in total. The first kappa shape index (κ1) is 14.5. The number of hydrogen-bond donors (Lipinski definition) is 1. The number of ether oxygens (including phenoxy) is 1. The van der Waals surface area contributed by atoms with Crippen LogP contribution in [0.25, 0.3) is 0 Å². The van der Waals surface area contributed by atoms with Gasteiger partial charge in [-0.1, -0.05) is 12.1 Å². The van der Waals surface area contributed by atoms with Crippen LogP contribution >= 0.6 is 0 Å². The van der Waals surface area contributed by atoms with Gasteiger partial charge in [0.15, 0.2) is 0 Å². The summed E-state index contributed by atoms with van der Waals surface area (Å²) in [6.07, 6.45) is 0. The largest absolute Gasteiger partial charge is 0.491 e. The van der Waals surface area contributed by atoms with E-state index in [4.69, 9.17) is 15.3 Å². The van der Waals surface area contributed by atoms with Crippen molar-refractivity contribution in [3.8, 4) is 5.75 Å². The summed E-state index contributed by atoms with van der Waals surface area (Å²) in [5.41, 5.74) is 5.35. The van der Waals surface area contributed by atoms with Crippen LogP contribution in [0.4, 0.5) is 0 Å². The van der Waals surface area contributed by atoms with Crippen molar-refractivity contribution in [2.45, 2.75) is 19.4 Å². The Morgan fingerprint density at radius 2 is 2.00 bits per heavy atom. The minimum absolute atomic E-state index is 0.320. The van der Waals surface area contributed by atoms with Gasteiger partial charge in [0.05, 0.1) is 18.2 Å². The predicted octanol–water partition coefficient (Wildman–Crippen LogP) is 1.44. The highest BCUT2D eigenvalue weighted by Gasteiger charge is 2.25. The highest BCUT2D eigenvalue weighted by Crippen LogP contribution is 2.20. The fourth-order valence-electron chi connectivity index (χ4n) is 1.39. The van der Waals surface area contributed by atoms with Gasteiger partial charge in [0, 0.05) is 7.05 Å². The molecule has 0 bridgehead atoms. The zero-order valence-corrected chi connectivity index (χ0v) is 11.3. The first-order chi connectivity index (χ1) is 8.38. The summed E-state index contributed by atoms with van der Waals surface area (Å²) in [7, 11) is 3.42. The van der Waals surface area contributed by atoms with Crippen molar-refractivity contribution < 1.29 is 14.4 Å². The standard InChI is InChI=1S/C13H20N2O3/c1-13(2,15(3)17-4)9-18-11-8-6-5-7-10(11)12(14)16/h5-8H,9H2,1-4H3,(H2,14,16). The third-order valence-electron chi connectivity index (χ3n) is 2.86. The molecule has 0 aliphatic heterocycles. The van der Waals surface area contributed by atoms with Crippen LogP contribution in [0.5, 0.6) is 5.75 Å². The minimum Gasteiger partial charge on any atom is -0.491 e. The van der Waals surface area contributed by atoms with Crippen molar-refractivity contribution in [3.63, 3.8) is 0 Å². The number of para-hydroxylation sites is 1. The van der Waals surface area contributed by atoms with Gasteiger partial charge in [-0.25, -0.2) is 0 Å². The Morgan fingerprint density at radius 1 is 1.39 bits per heavy atom. The number of carbonyl (C=O) groups excluding carboxylic acids is 1. The van der Waals surface area contributed by atoms with Crippen molar-refractivity contribution in [2.75, 3.05) is 20.8 Å². The van der Waals surface area contributed by atoms with E-state index in [1.807, 2.05) is 20.9 Å². The molecule has 0 aliphatic carbocycles. The number of nitrogens with two attached hydrogens (primary N) is 1. The number of rotatable bonds is 6. The van der Waals surface area contributed by atoms with Crippen molar-refractivity contribution in [1.29, 1.82) is 0 Å². The third-order valence-corrected chi connectivity index (χ3v) is 2.86. The van der Waals surface area contributed by atoms with Crippen LogP contribution in [0.3, 0.4) is 0 Å². The molecule has 18 heavy (non-hydrogen) atoms. The molecule has 0 aliphatic rings. The second-order valence-electron chi connectivity index (χ2n) is 4.64. The van der Waals surface area contributed by atoms with E-state index in [0.717, 1.165) is 0 Å². The van der Waals surface area contributed by atoms with Crippen LogP contribution < -0.4 is 10.5 Å². The van der Waals surface area contributed by atoms with E-state index in [9.17, 15) is 4.79 Å². The van der Waals surface area contributed by atoms with Crippen molar-refractivity contribution >= 4 is 5.91 Å². The lowest BCUT2D eigenvalue weighted by molar-refractivity contribution is -0.180. The van der Waals surface area contributed by atoms with Crippen LogP contribution in [0.1, 0.15) is 24.2 Å². The summed E-state index contributed by atoms with van der Waals surface area (Å²) in [5, 5.41) is 1.69. The SMILES string of the molecule is CON(C)C(C)(C)COc1ccccc1C(N)=O. The van der Waals surface area contributed by atoms with E-state index in [-0.39, 0.29) is 5.54 Å². The van der Waals surface area contributed by atoms with Crippen molar-refractivity contribution in [3.05, 3.63) is 29.8 Å². The number of carbonyl (C=O) groups is 1. The number of likely N-dealkylation sites (N-methyl/N-ethyl adjacent to an activating group) is 1. The van der Waals surface area contributed by atoms with E-state index in [2.05, 4.69) is 0 Å². The Balaban J connectivity index is 2.78. The van der Waals surface area contributed by atoms with Gasteiger partial charge >= 0.3 is 0 Å². The van der Waals surface area contributed by atoms with E-state index in [1.54, 1.807) is 36.4 Å². The second-order valence-corrected chi connectivity index (χ2v) is 4.64. The zero-order valence-electron chi connectivity index (χ0n) is 11.3. The van der Waals surface area contributed by atoms with Crippen molar-refractivity contribution in [2.24, 2.45) is 5.73 Å². The molecule has 2 N–H and O–H groups in total. The average Bonchev–Trinajstić information content (AvgIpc) is 2.35. The Bertz CT molecular complexity index is 418. The number of hydroxylamine groups is 2. The van der Waals surface area contributed by atoms with Gasteiger partial charge in [0.1, 0.15) is 12.4 Å². The summed E-state index contributed by atoms with van der Waals surface area (Å²) in [4.78, 5) is 16.4. The van der Waals surface area contributed by atoms with Crippen LogP contribution in [-0.4, -0.2) is 37.3 Å². The topological polar surface area (TPSA) is 64.8 Å². The highest BCUT2D eigenvalue weighted by atomic mass is 16.7. The van der Waals surface area contributed by atoms with Gasteiger partial charge in [-0.2, -0.15) is 5.06 Å². The summed E-state index contributed by atoms with van der Waals surface area (Å²) >= 11 is 0. The number of nitrogens with zero attached hydrogens (tertiary/aromatic N) is 1. The first-order valence-electron chi connectivity index (χ1n) is 5.68. The molecule has 0 radical (unpaired) electrons. The van der Waals surface area contributed by atoms with Gasteiger partial charge in [0.2, 0.25) is 0 Å². The Labute approximate surface area is 107 Å². The molecule has 1 aromatic rings. The van der Waals surface area contributed by atoms with Crippen LogP contribution in [0.2, 0.25) is 0 Å². The zero-order chi connectivity index (χ0) is 13.8. The molecule has 1 aromatic carbocycles. The van der Waals surface area contributed by atoms with Gasteiger partial charge < -0.3 is 15.3 Å². The molecule has 0 saturated carbocycles. The lowest BCUT2D eigenvalue weighted by Crippen LogP contribution is -2.45. The van der Waals surface area contributed by atoms with E-state index in [0.29, 0.717) is 17.9 Å². The maximum Gasteiger partial charge on any atom is 0.252 e. The highest BCUT2D eigenvalue weighted by molar-refractivity contribution is 5.95. The Hall–Kier alpha value is -1.59. The molecular formula is C13H20N2O3. The summed E-state index contributed by atoms with van der Waals surface area (Å²) in [6.45, 7) is 4.33. The summed E-state index contributed by atoms with van der Waals surface area (Å²) in [6, 6.07) is 6.92. The molecule has 100 valence electrons. The molecule has 0 saturated heterocycles. The number of amides is 1. The fraction of sp³-hybridized carbons (Fsp3) is 0.462. The molecule has 0 atom stereocenters. The fourth-order valence-corrected chi connectivity index (χ4v) is 1.39. The predicted molar refractivity (Wildman–Crippen MR) is 69.3 cm³/mol. The lowest BCUT2D eigenvalue weighted by Gasteiger charge is -2.33. The molecule has 0 unspecified atom stereocenters. The molecule has 0 heterocycles. The lowest BCUT2D eigenvalue weighted by atomic mass is 10.1. The minimum atomic E-state index is -0.497. The van der Waals surface area contributed by atoms with Gasteiger partial charge in [-0.15, -0.1) is 0 Å². The Morgan fingerprint density at radius 3 is 2.56 bits per heavy atom. The molecule has 0 spiro atoms. The summed E-state index contributed by atoms with van der Waals surface area (Å²) < 4.78 is 5.66. The van der Waals surface area contributed by atoms with E-state index >= 15 is 0 Å². The normalized spacial score (nSPS) is 11.6. The molecular weight excluding hydrogens is 232 g/mol. The first-order valence-corrected chi connectivity index (χ1v) is 5.68. The second kappa shape index (κ2) is 5.84.